The molecule has 0 aliphatic rings. The Balaban J connectivity index is 2.69. The lowest BCUT2D eigenvalue weighted by atomic mass is 10.2. The quantitative estimate of drug-likeness (QED) is 0.678. The number of hydrogen-bond donors (Lipinski definition) is 2. The molecule has 0 saturated carbocycles. The van der Waals surface area contributed by atoms with Crippen molar-refractivity contribution in [1.29, 1.82) is 0 Å². The Labute approximate surface area is 71.3 Å². The molecule has 0 heterocycles. The van der Waals surface area contributed by atoms with Gasteiger partial charge in [-0.25, -0.2) is 17.5 Å². The van der Waals surface area contributed by atoms with Crippen LogP contribution in [0.3, 0.4) is 0 Å². The Kier molecular flexibility index (Phi) is 3.19. The molecule has 0 bridgehead atoms. The largest absolute Gasteiger partial charge is 0.216 e. The fourth-order valence-corrected chi connectivity index (χ4v) is 1.09. The van der Waals surface area contributed by atoms with Crippen LogP contribution in [0.2, 0.25) is 0 Å². The summed E-state index contributed by atoms with van der Waals surface area (Å²) in [5.41, 5.74) is 0.344. The van der Waals surface area contributed by atoms with E-state index in [-0.39, 0.29) is 6.54 Å². The number of nitrogens with one attached hydrogen (secondary N) is 1. The molecule has 0 amide bonds. The third-order valence-corrected chi connectivity index (χ3v) is 1.77. The number of halogens is 1. The Morgan fingerprint density at radius 1 is 1.33 bits per heavy atom. The van der Waals surface area contributed by atoms with Crippen molar-refractivity contribution >= 4 is 10.9 Å². The highest BCUT2D eigenvalue weighted by molar-refractivity contribution is 7.70. The first-order chi connectivity index (χ1) is 5.70. The predicted molar refractivity (Wildman–Crippen MR) is 43.6 cm³/mol. The van der Waals surface area contributed by atoms with Gasteiger partial charge in [0.1, 0.15) is 5.82 Å². The molecule has 0 atom stereocenters. The maximum absolute atomic E-state index is 12.8. The van der Waals surface area contributed by atoms with Gasteiger partial charge in [0.2, 0.25) is 10.9 Å². The van der Waals surface area contributed by atoms with Crippen molar-refractivity contribution in [3.8, 4) is 0 Å². The molecule has 1 aromatic carbocycles. The molecule has 5 heteroatoms. The van der Waals surface area contributed by atoms with Crippen LogP contribution >= 0.6 is 0 Å². The summed E-state index contributed by atoms with van der Waals surface area (Å²) in [6.45, 7) is 0.00533. The first kappa shape index (κ1) is 9.15. The highest BCUT2D eigenvalue weighted by Gasteiger charge is 1.98. The molecule has 0 aromatic heterocycles. The van der Waals surface area contributed by atoms with Gasteiger partial charge in [0.05, 0.1) is 0 Å². The topological polar surface area (TPSA) is 46.2 Å². The van der Waals surface area contributed by atoms with E-state index in [0.29, 0.717) is 5.56 Å². The summed E-state index contributed by atoms with van der Waals surface area (Å²) in [7, 11) is -2.65. The third-order valence-electron chi connectivity index (χ3n) is 1.36. The van der Waals surface area contributed by atoms with E-state index in [1.165, 1.54) is 12.1 Å². The maximum atomic E-state index is 12.8. The average Bonchev–Trinajstić information content (AvgIpc) is 2.03. The van der Waals surface area contributed by atoms with E-state index in [4.69, 9.17) is 0 Å². The zero-order chi connectivity index (χ0) is 8.97. The Morgan fingerprint density at radius 3 is 2.58 bits per heavy atom. The van der Waals surface area contributed by atoms with Crippen LogP contribution in [0.1, 0.15) is 5.56 Å². The van der Waals surface area contributed by atoms with Crippen LogP contribution in [-0.4, -0.2) is 8.42 Å². The molecule has 66 valence electrons. The van der Waals surface area contributed by atoms with Crippen LogP contribution in [0.4, 0.5) is 4.39 Å². The van der Waals surface area contributed by atoms with Gasteiger partial charge in [-0.2, -0.15) is 0 Å². The Bertz CT molecular complexity index is 330. The summed E-state index contributed by atoms with van der Waals surface area (Å²) in [4.78, 5) is 0. The predicted octanol–water partition coefficient (Wildman–Crippen LogP) is 0.442. The van der Waals surface area contributed by atoms with Crippen LogP contribution in [-0.2, 0) is 17.4 Å². The Morgan fingerprint density at radius 2 is 2.00 bits per heavy atom. The second-order valence-electron chi connectivity index (χ2n) is 2.18. The van der Waals surface area contributed by atoms with Crippen molar-refractivity contribution in [2.45, 2.75) is 6.54 Å². The molecule has 0 fully saturated rings. The van der Waals surface area contributed by atoms with E-state index in [0.717, 1.165) is 0 Å². The van der Waals surface area contributed by atoms with E-state index in [1.54, 1.807) is 12.1 Å². The minimum atomic E-state index is -2.65. The van der Waals surface area contributed by atoms with E-state index < -0.39 is 16.7 Å². The van der Waals surface area contributed by atoms with Gasteiger partial charge in [0, 0.05) is 12.1 Å². The van der Waals surface area contributed by atoms with Crippen LogP contribution in [0.5, 0.6) is 0 Å². The molecule has 12 heavy (non-hydrogen) atoms. The zero-order valence-electron chi connectivity index (χ0n) is 6.16. The number of hydrogen-bond acceptors (Lipinski definition) is 2. The van der Waals surface area contributed by atoms with Crippen molar-refractivity contribution in [2.75, 3.05) is 0 Å². The van der Waals surface area contributed by atoms with E-state index in [1.807, 2.05) is 0 Å². The fourth-order valence-electron chi connectivity index (χ4n) is 0.791. The van der Waals surface area contributed by atoms with Gasteiger partial charge < -0.3 is 0 Å². The average molecular weight is 189 g/mol. The molecule has 1 N–H and O–H groups in total. The SMILES string of the molecule is O=[SH](=O)NCc1ccccc1F. The molecule has 0 aliphatic heterocycles. The summed E-state index contributed by atoms with van der Waals surface area (Å²) in [5.74, 6) is -0.401. The van der Waals surface area contributed by atoms with Crippen LogP contribution in [0, 0.1) is 5.82 Å². The van der Waals surface area contributed by atoms with Gasteiger partial charge in [-0.1, -0.05) is 18.2 Å². The zero-order valence-corrected chi connectivity index (χ0v) is 7.05. The molecule has 1 aromatic rings. The van der Waals surface area contributed by atoms with E-state index in [2.05, 4.69) is 4.72 Å². The first-order valence-corrected chi connectivity index (χ1v) is 4.49. The van der Waals surface area contributed by atoms with Crippen LogP contribution < -0.4 is 4.72 Å². The molecule has 3 nitrogen and oxygen atoms in total. The molecule has 0 unspecified atom stereocenters. The first-order valence-electron chi connectivity index (χ1n) is 3.31. The van der Waals surface area contributed by atoms with Gasteiger partial charge in [-0.15, -0.1) is 0 Å². The normalized spacial score (nSPS) is 10.5. The smallest absolute Gasteiger partial charge is 0.201 e. The van der Waals surface area contributed by atoms with Crippen molar-refractivity contribution < 1.29 is 12.8 Å². The summed E-state index contributed by atoms with van der Waals surface area (Å²) in [5, 5.41) is 0. The van der Waals surface area contributed by atoms with E-state index >= 15 is 0 Å². The van der Waals surface area contributed by atoms with Gasteiger partial charge in [-0.05, 0) is 6.07 Å². The van der Waals surface area contributed by atoms with Gasteiger partial charge >= 0.3 is 0 Å². The summed E-state index contributed by atoms with van der Waals surface area (Å²) < 4.78 is 35.1. The van der Waals surface area contributed by atoms with Crippen molar-refractivity contribution in [3.63, 3.8) is 0 Å². The standard InChI is InChI=1S/C7H8FNO2S/c8-7-4-2-1-3-6(7)5-9-12(10)11/h1-4,12H,5H2,(H,9,10,11). The number of benzene rings is 1. The summed E-state index contributed by atoms with van der Waals surface area (Å²) >= 11 is 0. The lowest BCUT2D eigenvalue weighted by molar-refractivity contribution is 0.590. The molecule has 0 spiro atoms. The summed E-state index contributed by atoms with van der Waals surface area (Å²) in [6.07, 6.45) is 0. The Hall–Kier alpha value is -0.940. The lowest BCUT2D eigenvalue weighted by Crippen LogP contribution is -2.11. The fraction of sp³-hybridized carbons (Fsp3) is 0.143. The molecule has 0 saturated heterocycles. The maximum Gasteiger partial charge on any atom is 0.201 e. The van der Waals surface area contributed by atoms with Crippen molar-refractivity contribution in [2.24, 2.45) is 0 Å². The molecular weight excluding hydrogens is 181 g/mol. The third kappa shape index (κ3) is 2.60. The van der Waals surface area contributed by atoms with Crippen molar-refractivity contribution in [3.05, 3.63) is 35.6 Å². The number of thiol groups is 1. The molecule has 1 rings (SSSR count). The second-order valence-corrected chi connectivity index (χ2v) is 3.01. The van der Waals surface area contributed by atoms with Crippen molar-refractivity contribution in [1.82, 2.24) is 4.72 Å². The van der Waals surface area contributed by atoms with Gasteiger partial charge in [-0.3, -0.25) is 0 Å². The van der Waals surface area contributed by atoms with Crippen LogP contribution in [0.25, 0.3) is 0 Å². The minimum absolute atomic E-state index is 0.00533. The van der Waals surface area contributed by atoms with Crippen LogP contribution in [0.15, 0.2) is 24.3 Å². The van der Waals surface area contributed by atoms with E-state index in [9.17, 15) is 12.8 Å². The second kappa shape index (κ2) is 4.18. The monoisotopic (exact) mass is 189 g/mol. The highest BCUT2D eigenvalue weighted by atomic mass is 32.2. The highest BCUT2D eigenvalue weighted by Crippen LogP contribution is 2.04. The minimum Gasteiger partial charge on any atom is -0.216 e. The molecular formula is C7H8FNO2S. The molecule has 0 aliphatic carbocycles. The summed E-state index contributed by atoms with van der Waals surface area (Å²) in [6, 6.07) is 6.02. The van der Waals surface area contributed by atoms with Gasteiger partial charge in [0.15, 0.2) is 0 Å². The lowest BCUT2D eigenvalue weighted by Gasteiger charge is -1.98. The van der Waals surface area contributed by atoms with Gasteiger partial charge in [0.25, 0.3) is 0 Å². The number of rotatable bonds is 3. The molecule has 0 radical (unpaired) electrons.